The zero-order valence-corrected chi connectivity index (χ0v) is 15.6. The van der Waals surface area contributed by atoms with E-state index in [4.69, 9.17) is 0 Å². The first-order valence-electron chi connectivity index (χ1n) is 9.01. The summed E-state index contributed by atoms with van der Waals surface area (Å²) in [5.74, 6) is -0.521. The number of aromatic nitrogens is 2. The van der Waals surface area contributed by atoms with E-state index in [9.17, 15) is 9.59 Å². The van der Waals surface area contributed by atoms with Gasteiger partial charge in [-0.2, -0.15) is 5.10 Å². The molecule has 0 aliphatic heterocycles. The van der Waals surface area contributed by atoms with Crippen molar-refractivity contribution in [3.05, 3.63) is 99.8 Å². The van der Waals surface area contributed by atoms with Crippen LogP contribution in [0.4, 0.5) is 5.69 Å². The molecule has 0 atom stereocenters. The monoisotopic (exact) mass is 369 g/mol. The summed E-state index contributed by atoms with van der Waals surface area (Å²) >= 11 is 0. The number of benzene rings is 3. The van der Waals surface area contributed by atoms with Crippen LogP contribution in [0.15, 0.2) is 77.6 Å². The van der Waals surface area contributed by atoms with Crippen molar-refractivity contribution in [2.45, 2.75) is 13.8 Å². The Labute approximate surface area is 162 Å². The molecule has 28 heavy (non-hydrogen) atoms. The summed E-state index contributed by atoms with van der Waals surface area (Å²) in [5.41, 5.74) is 3.60. The largest absolute Gasteiger partial charge is 0.320 e. The number of nitrogens with zero attached hydrogens (tertiary/aromatic N) is 2. The lowest BCUT2D eigenvalue weighted by Crippen LogP contribution is -2.27. The quantitative estimate of drug-likeness (QED) is 0.587. The Balaban J connectivity index is 1.86. The number of rotatable bonds is 3. The maximum absolute atomic E-state index is 12.9. The average Bonchev–Trinajstić information content (AvgIpc) is 2.71. The Morgan fingerprint density at radius 3 is 2.39 bits per heavy atom. The van der Waals surface area contributed by atoms with Gasteiger partial charge in [0.25, 0.3) is 5.91 Å². The molecule has 0 saturated heterocycles. The fraction of sp³-hybridized carbons (Fsp3) is 0.0870. The molecule has 0 fully saturated rings. The molecule has 0 radical (unpaired) electrons. The molecule has 0 bridgehead atoms. The number of amides is 1. The van der Waals surface area contributed by atoms with E-state index in [-0.39, 0.29) is 11.1 Å². The number of hydrogen-bond acceptors (Lipinski definition) is 3. The molecule has 0 aliphatic rings. The minimum atomic E-state index is -0.521. The summed E-state index contributed by atoms with van der Waals surface area (Å²) in [6.45, 7) is 3.90. The second kappa shape index (κ2) is 7.12. The third-order valence-corrected chi connectivity index (χ3v) is 4.64. The van der Waals surface area contributed by atoms with Crippen LogP contribution in [0.1, 0.15) is 21.6 Å². The first kappa shape index (κ1) is 17.7. The lowest BCUT2D eigenvalue weighted by Gasteiger charge is -2.13. The minimum absolute atomic E-state index is 0.137. The van der Waals surface area contributed by atoms with Crippen molar-refractivity contribution in [1.29, 1.82) is 0 Å². The normalized spacial score (nSPS) is 10.8. The van der Waals surface area contributed by atoms with E-state index < -0.39 is 5.91 Å². The van der Waals surface area contributed by atoms with Gasteiger partial charge in [0.1, 0.15) is 0 Å². The van der Waals surface area contributed by atoms with E-state index in [2.05, 4.69) is 10.4 Å². The molecule has 0 aliphatic carbocycles. The molecule has 138 valence electrons. The van der Waals surface area contributed by atoms with Crippen LogP contribution >= 0.6 is 0 Å². The molecule has 1 N–H and O–H groups in total. The van der Waals surface area contributed by atoms with Crippen LogP contribution < -0.4 is 10.7 Å². The van der Waals surface area contributed by atoms with Gasteiger partial charge < -0.3 is 5.32 Å². The van der Waals surface area contributed by atoms with Gasteiger partial charge in [0.15, 0.2) is 5.69 Å². The van der Waals surface area contributed by atoms with E-state index >= 15 is 0 Å². The predicted octanol–water partition coefficient (Wildman–Crippen LogP) is 4.25. The van der Waals surface area contributed by atoms with E-state index in [0.29, 0.717) is 16.6 Å². The number of anilines is 1. The van der Waals surface area contributed by atoms with Crippen LogP contribution in [0.25, 0.3) is 16.6 Å². The second-order valence-corrected chi connectivity index (χ2v) is 6.71. The highest BCUT2D eigenvalue weighted by Gasteiger charge is 2.18. The predicted molar refractivity (Wildman–Crippen MR) is 111 cm³/mol. The minimum Gasteiger partial charge on any atom is -0.320 e. The van der Waals surface area contributed by atoms with Crippen molar-refractivity contribution in [3.8, 4) is 5.69 Å². The number of carbonyl (C=O) groups is 1. The number of carbonyl (C=O) groups excluding carboxylic acids is 1. The van der Waals surface area contributed by atoms with Gasteiger partial charge in [0.05, 0.1) is 16.6 Å². The first-order chi connectivity index (χ1) is 13.5. The number of para-hydroxylation sites is 2. The highest BCUT2D eigenvalue weighted by atomic mass is 16.2. The topological polar surface area (TPSA) is 64.0 Å². The fourth-order valence-corrected chi connectivity index (χ4v) is 3.23. The zero-order chi connectivity index (χ0) is 19.7. The lowest BCUT2D eigenvalue weighted by molar-refractivity contribution is 0.102. The summed E-state index contributed by atoms with van der Waals surface area (Å²) in [5, 5.41) is 7.68. The fourth-order valence-electron chi connectivity index (χ4n) is 3.23. The second-order valence-electron chi connectivity index (χ2n) is 6.71. The maximum atomic E-state index is 12.9. The van der Waals surface area contributed by atoms with Gasteiger partial charge in [-0.1, -0.05) is 48.0 Å². The van der Waals surface area contributed by atoms with Gasteiger partial charge in [-0.15, -0.1) is 0 Å². The molecule has 4 rings (SSSR count). The molecule has 5 heteroatoms. The molecular weight excluding hydrogens is 350 g/mol. The molecule has 0 saturated carbocycles. The summed E-state index contributed by atoms with van der Waals surface area (Å²) in [7, 11) is 0. The van der Waals surface area contributed by atoms with Gasteiger partial charge in [-0.25, -0.2) is 4.68 Å². The van der Waals surface area contributed by atoms with Gasteiger partial charge in [0.2, 0.25) is 5.43 Å². The van der Waals surface area contributed by atoms with Crippen molar-refractivity contribution in [3.63, 3.8) is 0 Å². The molecule has 1 aromatic heterocycles. The smallest absolute Gasteiger partial charge is 0.280 e. The van der Waals surface area contributed by atoms with Crippen LogP contribution in [0.2, 0.25) is 0 Å². The third-order valence-electron chi connectivity index (χ3n) is 4.64. The highest BCUT2D eigenvalue weighted by molar-refractivity contribution is 6.04. The third kappa shape index (κ3) is 3.18. The van der Waals surface area contributed by atoms with Gasteiger partial charge in [-0.05, 0) is 49.7 Å². The average molecular weight is 369 g/mol. The van der Waals surface area contributed by atoms with Crippen LogP contribution in [-0.2, 0) is 0 Å². The summed E-state index contributed by atoms with van der Waals surface area (Å²) in [6, 6.07) is 22.3. The van der Waals surface area contributed by atoms with Crippen molar-refractivity contribution in [2.24, 2.45) is 0 Å². The number of fused-ring (bicyclic) bond motifs is 1. The van der Waals surface area contributed by atoms with Gasteiger partial charge >= 0.3 is 0 Å². The first-order valence-corrected chi connectivity index (χ1v) is 9.01. The molecule has 0 spiro atoms. The molecule has 1 heterocycles. The summed E-state index contributed by atoms with van der Waals surface area (Å²) in [6.07, 6.45) is 0. The Hall–Kier alpha value is -3.73. The lowest BCUT2D eigenvalue weighted by atomic mass is 10.1. The Kier molecular flexibility index (Phi) is 4.49. The molecule has 5 nitrogen and oxygen atoms in total. The van der Waals surface area contributed by atoms with E-state index in [1.807, 2.05) is 74.5 Å². The number of hydrogen-bond donors (Lipinski definition) is 1. The summed E-state index contributed by atoms with van der Waals surface area (Å²) in [4.78, 5) is 25.9. The maximum Gasteiger partial charge on any atom is 0.280 e. The van der Waals surface area contributed by atoms with Crippen LogP contribution in [0.3, 0.4) is 0 Å². The summed E-state index contributed by atoms with van der Waals surface area (Å²) < 4.78 is 1.63. The number of nitrogens with one attached hydrogen (secondary N) is 1. The van der Waals surface area contributed by atoms with Gasteiger partial charge in [0, 0.05) is 5.69 Å². The molecule has 0 unspecified atom stereocenters. The zero-order valence-electron chi connectivity index (χ0n) is 15.6. The van der Waals surface area contributed by atoms with Crippen molar-refractivity contribution in [1.82, 2.24) is 9.78 Å². The Morgan fingerprint density at radius 2 is 1.64 bits per heavy atom. The van der Waals surface area contributed by atoms with E-state index in [1.54, 1.807) is 16.8 Å². The van der Waals surface area contributed by atoms with E-state index in [0.717, 1.165) is 16.8 Å². The van der Waals surface area contributed by atoms with Gasteiger partial charge in [-0.3, -0.25) is 9.59 Å². The molecule has 4 aromatic rings. The van der Waals surface area contributed by atoms with Crippen LogP contribution in [-0.4, -0.2) is 15.7 Å². The molecule has 1 amide bonds. The standard InChI is InChI=1S/C23H19N3O2/c1-15-12-13-19(16(2)14-15)24-23(28)21-22(27)18-10-6-7-11-20(18)26(25-21)17-8-4-3-5-9-17/h3-14H,1-2H3,(H,24,28). The van der Waals surface area contributed by atoms with Crippen molar-refractivity contribution >= 4 is 22.5 Å². The molecular formula is C23H19N3O2. The number of aryl methyl sites for hydroxylation is 2. The van der Waals surface area contributed by atoms with Crippen molar-refractivity contribution in [2.75, 3.05) is 5.32 Å². The Bertz CT molecular complexity index is 1240. The van der Waals surface area contributed by atoms with Crippen molar-refractivity contribution < 1.29 is 4.79 Å². The highest BCUT2D eigenvalue weighted by Crippen LogP contribution is 2.18. The SMILES string of the molecule is Cc1ccc(NC(=O)c2nn(-c3ccccc3)c3ccccc3c2=O)c(C)c1. The Morgan fingerprint density at radius 1 is 0.929 bits per heavy atom. The van der Waals surface area contributed by atoms with Crippen LogP contribution in [0.5, 0.6) is 0 Å². The van der Waals surface area contributed by atoms with E-state index in [1.165, 1.54) is 0 Å². The molecule has 3 aromatic carbocycles. The van der Waals surface area contributed by atoms with Crippen LogP contribution in [0, 0.1) is 13.8 Å².